The standard InChI is InChI=1S/C26H20BrClN2O5/c1-15-5-3-4-6-17(15)14-35-23-21(27)12-16(13-22(23)34-2)11-20-24(31)29-26(33)30(25(20)32)19-9-7-18(28)8-10-19/h3-13H,14H2,1-2H3,(H,29,31,33)/b20-11-. The maximum absolute atomic E-state index is 13.1. The maximum atomic E-state index is 13.1. The van der Waals surface area contributed by atoms with Crippen molar-refractivity contribution in [2.24, 2.45) is 0 Å². The van der Waals surface area contributed by atoms with Gasteiger partial charge in [-0.15, -0.1) is 0 Å². The Hall–Kier alpha value is -3.62. The smallest absolute Gasteiger partial charge is 0.335 e. The van der Waals surface area contributed by atoms with Crippen molar-refractivity contribution in [2.45, 2.75) is 13.5 Å². The molecule has 1 N–H and O–H groups in total. The molecule has 1 saturated heterocycles. The lowest BCUT2D eigenvalue weighted by Crippen LogP contribution is -2.54. The summed E-state index contributed by atoms with van der Waals surface area (Å²) >= 11 is 9.40. The van der Waals surface area contributed by atoms with Crippen LogP contribution < -0.4 is 19.7 Å². The average Bonchev–Trinajstić information content (AvgIpc) is 2.83. The van der Waals surface area contributed by atoms with Crippen LogP contribution in [-0.2, 0) is 16.2 Å². The van der Waals surface area contributed by atoms with Crippen molar-refractivity contribution in [3.63, 3.8) is 0 Å². The molecule has 0 aromatic heterocycles. The Morgan fingerprint density at radius 2 is 1.77 bits per heavy atom. The van der Waals surface area contributed by atoms with Gasteiger partial charge in [-0.1, -0.05) is 35.9 Å². The summed E-state index contributed by atoms with van der Waals surface area (Å²) < 4.78 is 12.1. The predicted molar refractivity (Wildman–Crippen MR) is 137 cm³/mol. The third kappa shape index (κ3) is 5.23. The Balaban J connectivity index is 1.64. The number of imide groups is 2. The zero-order chi connectivity index (χ0) is 25.1. The highest BCUT2D eigenvalue weighted by atomic mass is 79.9. The van der Waals surface area contributed by atoms with E-state index in [0.29, 0.717) is 33.2 Å². The number of hydrogen-bond donors (Lipinski definition) is 1. The summed E-state index contributed by atoms with van der Waals surface area (Å²) in [6.07, 6.45) is 1.39. The molecule has 1 aliphatic heterocycles. The number of benzene rings is 3. The van der Waals surface area contributed by atoms with Gasteiger partial charge >= 0.3 is 6.03 Å². The number of nitrogens with one attached hydrogen (secondary N) is 1. The van der Waals surface area contributed by atoms with Gasteiger partial charge in [0.15, 0.2) is 11.5 Å². The molecule has 0 atom stereocenters. The molecule has 9 heteroatoms. The van der Waals surface area contributed by atoms with E-state index in [2.05, 4.69) is 21.2 Å². The highest BCUT2D eigenvalue weighted by Crippen LogP contribution is 2.38. The highest BCUT2D eigenvalue weighted by Gasteiger charge is 2.36. The van der Waals surface area contributed by atoms with E-state index in [1.165, 1.54) is 25.3 Å². The minimum Gasteiger partial charge on any atom is -0.493 e. The summed E-state index contributed by atoms with van der Waals surface area (Å²) in [5.41, 5.74) is 2.71. The Labute approximate surface area is 215 Å². The van der Waals surface area contributed by atoms with Crippen molar-refractivity contribution in [3.05, 3.63) is 92.4 Å². The summed E-state index contributed by atoms with van der Waals surface area (Å²) in [7, 11) is 1.50. The number of urea groups is 1. The SMILES string of the molecule is COc1cc(/C=C2/C(=O)NC(=O)N(c3ccc(Cl)cc3)C2=O)cc(Br)c1OCc1ccccc1C. The van der Waals surface area contributed by atoms with Crippen LogP contribution in [0.5, 0.6) is 11.5 Å². The van der Waals surface area contributed by atoms with Gasteiger partial charge in [-0.2, -0.15) is 0 Å². The maximum Gasteiger partial charge on any atom is 0.335 e. The molecule has 0 saturated carbocycles. The number of anilines is 1. The van der Waals surface area contributed by atoms with Gasteiger partial charge in [0.05, 0.1) is 17.3 Å². The van der Waals surface area contributed by atoms with Gasteiger partial charge in [0.2, 0.25) is 0 Å². The molecule has 4 amide bonds. The second kappa shape index (κ2) is 10.3. The monoisotopic (exact) mass is 554 g/mol. The molecule has 35 heavy (non-hydrogen) atoms. The fourth-order valence-electron chi connectivity index (χ4n) is 3.53. The lowest BCUT2D eigenvalue weighted by atomic mass is 10.1. The first-order valence-corrected chi connectivity index (χ1v) is 11.7. The molecule has 1 fully saturated rings. The predicted octanol–water partition coefficient (Wildman–Crippen LogP) is 5.66. The number of ether oxygens (including phenoxy) is 2. The van der Waals surface area contributed by atoms with Crippen molar-refractivity contribution in [1.29, 1.82) is 0 Å². The van der Waals surface area contributed by atoms with Crippen LogP contribution in [0.25, 0.3) is 6.08 Å². The van der Waals surface area contributed by atoms with E-state index in [1.807, 2.05) is 31.2 Å². The summed E-state index contributed by atoms with van der Waals surface area (Å²) in [5, 5.41) is 2.65. The molecule has 4 rings (SSSR count). The fourth-order valence-corrected chi connectivity index (χ4v) is 4.23. The van der Waals surface area contributed by atoms with E-state index in [4.69, 9.17) is 21.1 Å². The molecule has 1 heterocycles. The number of barbiturate groups is 1. The highest BCUT2D eigenvalue weighted by molar-refractivity contribution is 9.10. The van der Waals surface area contributed by atoms with Gasteiger partial charge in [-0.25, -0.2) is 9.69 Å². The molecule has 178 valence electrons. The molecule has 0 spiro atoms. The molecule has 7 nitrogen and oxygen atoms in total. The first kappa shape index (κ1) is 24.5. The van der Waals surface area contributed by atoms with Crippen molar-refractivity contribution < 1.29 is 23.9 Å². The van der Waals surface area contributed by atoms with Crippen LogP contribution >= 0.6 is 27.5 Å². The van der Waals surface area contributed by atoms with Gasteiger partial charge in [0.25, 0.3) is 11.8 Å². The van der Waals surface area contributed by atoms with Crippen LogP contribution in [0.1, 0.15) is 16.7 Å². The van der Waals surface area contributed by atoms with Crippen LogP contribution in [0.4, 0.5) is 10.5 Å². The third-order valence-electron chi connectivity index (χ3n) is 5.38. The van der Waals surface area contributed by atoms with Crippen molar-refractivity contribution in [3.8, 4) is 11.5 Å². The quantitative estimate of drug-likeness (QED) is 0.313. The fraction of sp³-hybridized carbons (Fsp3) is 0.115. The van der Waals surface area contributed by atoms with Crippen molar-refractivity contribution in [2.75, 3.05) is 12.0 Å². The molecule has 0 radical (unpaired) electrons. The summed E-state index contributed by atoms with van der Waals surface area (Å²) in [5.74, 6) is -0.652. The molecule has 1 aliphatic rings. The van der Waals surface area contributed by atoms with Gasteiger partial charge in [-0.05, 0) is 82.0 Å². The van der Waals surface area contributed by atoms with E-state index in [9.17, 15) is 14.4 Å². The third-order valence-corrected chi connectivity index (χ3v) is 6.22. The second-order valence-corrected chi connectivity index (χ2v) is 8.97. The van der Waals surface area contributed by atoms with Crippen molar-refractivity contribution >= 4 is 57.1 Å². The molecule has 0 aliphatic carbocycles. The number of methoxy groups -OCH3 is 1. The minimum absolute atomic E-state index is 0.206. The normalized spacial score (nSPS) is 14.8. The molecule has 3 aromatic rings. The van der Waals surface area contributed by atoms with E-state index < -0.39 is 17.8 Å². The number of rotatable bonds is 6. The Bertz CT molecular complexity index is 1350. The van der Waals surface area contributed by atoms with E-state index >= 15 is 0 Å². The summed E-state index contributed by atoms with van der Waals surface area (Å²) in [4.78, 5) is 38.9. The van der Waals surface area contributed by atoms with Crippen LogP contribution in [0.3, 0.4) is 0 Å². The minimum atomic E-state index is -0.835. The molecule has 3 aromatic carbocycles. The van der Waals surface area contributed by atoms with Gasteiger partial charge in [0.1, 0.15) is 12.2 Å². The summed E-state index contributed by atoms with van der Waals surface area (Å²) in [6.45, 7) is 2.34. The second-order valence-electron chi connectivity index (χ2n) is 7.68. The van der Waals surface area contributed by atoms with Gasteiger partial charge in [0, 0.05) is 5.02 Å². The zero-order valence-corrected chi connectivity index (χ0v) is 21.1. The van der Waals surface area contributed by atoms with E-state index in [1.54, 1.807) is 24.3 Å². The number of carbonyl (C=O) groups is 3. The van der Waals surface area contributed by atoms with Crippen LogP contribution in [0.2, 0.25) is 5.02 Å². The lowest BCUT2D eigenvalue weighted by molar-refractivity contribution is -0.122. The lowest BCUT2D eigenvalue weighted by Gasteiger charge is -2.26. The first-order chi connectivity index (χ1) is 16.8. The van der Waals surface area contributed by atoms with Crippen LogP contribution in [-0.4, -0.2) is 25.0 Å². The number of amides is 4. The van der Waals surface area contributed by atoms with E-state index in [0.717, 1.165) is 16.0 Å². The van der Waals surface area contributed by atoms with Crippen molar-refractivity contribution in [1.82, 2.24) is 5.32 Å². The number of aryl methyl sites for hydroxylation is 1. The average molecular weight is 556 g/mol. The van der Waals surface area contributed by atoms with Gasteiger partial charge < -0.3 is 9.47 Å². The molecular formula is C26H20BrClN2O5. The molecule has 0 bridgehead atoms. The molecule has 0 unspecified atom stereocenters. The molecular weight excluding hydrogens is 536 g/mol. The number of halogens is 2. The number of carbonyl (C=O) groups excluding carboxylic acids is 3. The summed E-state index contributed by atoms with van der Waals surface area (Å²) in [6, 6.07) is 16.5. The Morgan fingerprint density at radius 1 is 1.06 bits per heavy atom. The topological polar surface area (TPSA) is 84.9 Å². The van der Waals surface area contributed by atoms with E-state index in [-0.39, 0.29) is 11.3 Å². The Morgan fingerprint density at radius 3 is 2.46 bits per heavy atom. The Kier molecular flexibility index (Phi) is 7.23. The largest absolute Gasteiger partial charge is 0.493 e. The number of nitrogens with zero attached hydrogens (tertiary/aromatic N) is 1. The number of hydrogen-bond acceptors (Lipinski definition) is 5. The van der Waals surface area contributed by atoms with Crippen LogP contribution in [0.15, 0.2) is 70.7 Å². The first-order valence-electron chi connectivity index (χ1n) is 10.5. The van der Waals surface area contributed by atoms with Gasteiger partial charge in [-0.3, -0.25) is 14.9 Å². The zero-order valence-electron chi connectivity index (χ0n) is 18.8. The van der Waals surface area contributed by atoms with Crippen LogP contribution in [0, 0.1) is 6.92 Å².